The number of benzene rings is 1. The summed E-state index contributed by atoms with van der Waals surface area (Å²) in [4.78, 5) is 35.0. The predicted octanol–water partition coefficient (Wildman–Crippen LogP) is 0.928. The average molecular weight is 324 g/mol. The van der Waals surface area contributed by atoms with Gasteiger partial charge in [-0.3, -0.25) is 14.4 Å². The molecule has 126 valence electrons. The van der Waals surface area contributed by atoms with Gasteiger partial charge in [-0.1, -0.05) is 19.1 Å². The number of hydrogen-bond donors (Lipinski definition) is 2. The van der Waals surface area contributed by atoms with E-state index in [1.54, 1.807) is 19.9 Å². The molecule has 0 fully saturated rings. The van der Waals surface area contributed by atoms with Gasteiger partial charge in [0.25, 0.3) is 0 Å². The molecule has 0 bridgehead atoms. The fourth-order valence-corrected chi connectivity index (χ4v) is 2.06. The Hall–Kier alpha value is -2.44. The normalized spacial score (nSPS) is 13.0. The van der Waals surface area contributed by atoms with Gasteiger partial charge in [0.05, 0.1) is 18.9 Å². The van der Waals surface area contributed by atoms with Crippen LogP contribution in [0.15, 0.2) is 24.3 Å². The first-order chi connectivity index (χ1) is 10.8. The van der Waals surface area contributed by atoms with E-state index in [2.05, 4.69) is 5.32 Å². The molecule has 6 nitrogen and oxygen atoms in total. The monoisotopic (exact) mass is 324 g/mol. The molecular weight excluding hydrogens is 303 g/mol. The Morgan fingerprint density at radius 1 is 1.35 bits per heavy atom. The van der Waals surface area contributed by atoms with Crippen LogP contribution < -0.4 is 11.1 Å². The molecule has 0 aliphatic carbocycles. The molecule has 0 heterocycles. The van der Waals surface area contributed by atoms with Crippen LogP contribution in [-0.4, -0.2) is 30.4 Å². The molecule has 0 unspecified atom stereocenters. The lowest BCUT2D eigenvalue weighted by Gasteiger charge is -2.19. The molecule has 23 heavy (non-hydrogen) atoms. The zero-order chi connectivity index (χ0) is 17.4. The number of carbonyl (C=O) groups excluding carboxylic acids is 3. The molecule has 3 N–H and O–H groups in total. The molecule has 2 amide bonds. The van der Waals surface area contributed by atoms with E-state index >= 15 is 0 Å². The summed E-state index contributed by atoms with van der Waals surface area (Å²) in [6.07, 6.45) is -0.0433. The maximum atomic E-state index is 13.1. The second-order valence-electron chi connectivity index (χ2n) is 5.22. The van der Waals surface area contributed by atoms with Crippen LogP contribution in [0.4, 0.5) is 4.39 Å². The number of hydrogen-bond acceptors (Lipinski definition) is 4. The maximum Gasteiger partial charge on any atom is 0.308 e. The fraction of sp³-hybridized carbons (Fsp3) is 0.438. The Bertz CT molecular complexity index is 577. The van der Waals surface area contributed by atoms with Gasteiger partial charge in [-0.2, -0.15) is 0 Å². The van der Waals surface area contributed by atoms with Crippen molar-refractivity contribution in [2.24, 2.45) is 11.7 Å². The van der Waals surface area contributed by atoms with Gasteiger partial charge >= 0.3 is 5.97 Å². The van der Waals surface area contributed by atoms with Crippen molar-refractivity contribution in [2.75, 3.05) is 6.61 Å². The highest BCUT2D eigenvalue weighted by molar-refractivity contribution is 5.88. The second kappa shape index (κ2) is 8.87. The van der Waals surface area contributed by atoms with Crippen molar-refractivity contribution in [3.63, 3.8) is 0 Å². The Morgan fingerprint density at radius 2 is 2.04 bits per heavy atom. The van der Waals surface area contributed by atoms with Gasteiger partial charge in [0.1, 0.15) is 11.9 Å². The van der Waals surface area contributed by atoms with Gasteiger partial charge in [-0.25, -0.2) is 4.39 Å². The Morgan fingerprint density at radius 3 is 2.61 bits per heavy atom. The summed E-state index contributed by atoms with van der Waals surface area (Å²) in [5.74, 6) is -2.71. The van der Waals surface area contributed by atoms with Crippen molar-refractivity contribution in [2.45, 2.75) is 32.7 Å². The summed E-state index contributed by atoms with van der Waals surface area (Å²) < 4.78 is 17.9. The molecule has 0 aliphatic heterocycles. The zero-order valence-electron chi connectivity index (χ0n) is 13.2. The van der Waals surface area contributed by atoms with Crippen LogP contribution in [0.2, 0.25) is 0 Å². The molecule has 0 saturated heterocycles. The van der Waals surface area contributed by atoms with Crippen LogP contribution in [0.5, 0.6) is 0 Å². The van der Waals surface area contributed by atoms with Crippen LogP contribution in [0.25, 0.3) is 0 Å². The predicted molar refractivity (Wildman–Crippen MR) is 81.6 cm³/mol. The lowest BCUT2D eigenvalue weighted by Crippen LogP contribution is -2.46. The second-order valence-corrected chi connectivity index (χ2v) is 5.22. The molecule has 0 aliphatic rings. The summed E-state index contributed by atoms with van der Waals surface area (Å²) in [6, 6.07) is 4.61. The van der Waals surface area contributed by atoms with Crippen molar-refractivity contribution in [1.29, 1.82) is 0 Å². The highest BCUT2D eigenvalue weighted by atomic mass is 19.1. The largest absolute Gasteiger partial charge is 0.466 e. The van der Waals surface area contributed by atoms with Crippen LogP contribution in [0.3, 0.4) is 0 Å². The lowest BCUT2D eigenvalue weighted by molar-refractivity contribution is -0.148. The van der Waals surface area contributed by atoms with E-state index < -0.39 is 35.6 Å². The number of nitrogens with one attached hydrogen (secondary N) is 1. The Labute approximate surface area is 134 Å². The fourth-order valence-electron chi connectivity index (χ4n) is 2.06. The van der Waals surface area contributed by atoms with Crippen molar-refractivity contribution >= 4 is 17.8 Å². The summed E-state index contributed by atoms with van der Waals surface area (Å²) in [5.41, 5.74) is 5.74. The average Bonchev–Trinajstić information content (AvgIpc) is 2.46. The zero-order valence-corrected chi connectivity index (χ0v) is 13.2. The van der Waals surface area contributed by atoms with E-state index in [0.29, 0.717) is 5.56 Å². The first-order valence-electron chi connectivity index (χ1n) is 7.33. The smallest absolute Gasteiger partial charge is 0.308 e. The number of amides is 2. The van der Waals surface area contributed by atoms with Crippen LogP contribution in [0.1, 0.15) is 25.8 Å². The summed E-state index contributed by atoms with van der Waals surface area (Å²) in [7, 11) is 0. The standard InChI is InChI=1S/C16H21FN2O4/c1-3-23-16(22)10(2)7-13(15(18)21)19-14(20)9-11-5-4-6-12(17)8-11/h4-6,8,10,13H,3,7,9H2,1-2H3,(H2,18,21)(H,19,20)/t10-,13-/m1/s1. The van der Waals surface area contributed by atoms with Crippen LogP contribution >= 0.6 is 0 Å². The molecule has 7 heteroatoms. The molecule has 1 aromatic carbocycles. The third kappa shape index (κ3) is 6.46. The molecule has 2 atom stereocenters. The first-order valence-corrected chi connectivity index (χ1v) is 7.33. The van der Waals surface area contributed by atoms with Crippen LogP contribution in [-0.2, 0) is 25.5 Å². The van der Waals surface area contributed by atoms with E-state index in [-0.39, 0.29) is 19.4 Å². The lowest BCUT2D eigenvalue weighted by atomic mass is 10.0. The molecule has 0 saturated carbocycles. The van der Waals surface area contributed by atoms with Crippen molar-refractivity contribution in [1.82, 2.24) is 5.32 Å². The molecule has 0 radical (unpaired) electrons. The first kappa shape index (κ1) is 18.6. The third-order valence-electron chi connectivity index (χ3n) is 3.21. The van der Waals surface area contributed by atoms with Gasteiger partial charge in [-0.05, 0) is 31.0 Å². The SMILES string of the molecule is CCOC(=O)[C@H](C)C[C@@H](NC(=O)Cc1cccc(F)c1)C(N)=O. The number of rotatable bonds is 8. The Balaban J connectivity index is 2.63. The van der Waals surface area contributed by atoms with Gasteiger partial charge in [-0.15, -0.1) is 0 Å². The van der Waals surface area contributed by atoms with Crippen molar-refractivity contribution in [3.05, 3.63) is 35.6 Å². The molecule has 0 spiro atoms. The van der Waals surface area contributed by atoms with Crippen molar-refractivity contribution in [3.8, 4) is 0 Å². The molecule has 1 rings (SSSR count). The number of carbonyl (C=O) groups is 3. The Kier molecular flexibility index (Phi) is 7.18. The minimum atomic E-state index is -0.990. The minimum Gasteiger partial charge on any atom is -0.466 e. The third-order valence-corrected chi connectivity index (χ3v) is 3.21. The molecule has 1 aromatic rings. The number of esters is 1. The van der Waals surface area contributed by atoms with Crippen LogP contribution in [0, 0.1) is 11.7 Å². The van der Waals surface area contributed by atoms with E-state index in [9.17, 15) is 18.8 Å². The van der Waals surface area contributed by atoms with Gasteiger partial charge < -0.3 is 15.8 Å². The maximum absolute atomic E-state index is 13.1. The number of halogens is 1. The number of nitrogens with two attached hydrogens (primary N) is 1. The number of ether oxygens (including phenoxy) is 1. The van der Waals surface area contributed by atoms with Crippen molar-refractivity contribution < 1.29 is 23.5 Å². The van der Waals surface area contributed by atoms with Gasteiger partial charge in [0.2, 0.25) is 11.8 Å². The topological polar surface area (TPSA) is 98.5 Å². The quantitative estimate of drug-likeness (QED) is 0.695. The summed E-state index contributed by atoms with van der Waals surface area (Å²) >= 11 is 0. The van der Waals surface area contributed by atoms with Gasteiger partial charge in [0, 0.05) is 0 Å². The van der Waals surface area contributed by atoms with E-state index in [1.165, 1.54) is 18.2 Å². The molecule has 0 aromatic heterocycles. The minimum absolute atomic E-state index is 0.0447. The summed E-state index contributed by atoms with van der Waals surface area (Å²) in [5, 5.41) is 2.47. The van der Waals surface area contributed by atoms with E-state index in [0.717, 1.165) is 0 Å². The van der Waals surface area contributed by atoms with E-state index in [4.69, 9.17) is 10.5 Å². The molecular formula is C16H21FN2O4. The number of primary amides is 1. The highest BCUT2D eigenvalue weighted by Crippen LogP contribution is 2.09. The van der Waals surface area contributed by atoms with Gasteiger partial charge in [0.15, 0.2) is 0 Å². The van der Waals surface area contributed by atoms with E-state index in [1.807, 2.05) is 0 Å². The summed E-state index contributed by atoms with van der Waals surface area (Å²) in [6.45, 7) is 3.50. The highest BCUT2D eigenvalue weighted by Gasteiger charge is 2.25.